The fraction of sp³-hybridized carbons (Fsp3) is 0.238. The van der Waals surface area contributed by atoms with Crippen LogP contribution >= 0.6 is 11.3 Å². The quantitative estimate of drug-likeness (QED) is 0.567. The van der Waals surface area contributed by atoms with Gasteiger partial charge in [0, 0.05) is 18.6 Å². The van der Waals surface area contributed by atoms with Gasteiger partial charge in [-0.15, -0.1) is 6.42 Å². The fourth-order valence-corrected chi connectivity index (χ4v) is 5.37. The zero-order valence-electron chi connectivity index (χ0n) is 15.9. The van der Waals surface area contributed by atoms with Crippen molar-refractivity contribution in [2.24, 2.45) is 4.99 Å². The molecule has 2 heterocycles. The number of benzene rings is 2. The van der Waals surface area contributed by atoms with Crippen molar-refractivity contribution >= 4 is 37.3 Å². The molecule has 2 aromatic carbocycles. The maximum Gasteiger partial charge on any atom is 0.249 e. The summed E-state index contributed by atoms with van der Waals surface area (Å²) in [4.78, 5) is 17.2. The molecule has 0 fully saturated rings. The molecule has 0 unspecified atom stereocenters. The van der Waals surface area contributed by atoms with Gasteiger partial charge in [-0.1, -0.05) is 35.5 Å². The van der Waals surface area contributed by atoms with Crippen molar-refractivity contribution in [2.75, 3.05) is 19.0 Å². The number of carbonyl (C=O) groups excluding carboxylic acids is 1. The van der Waals surface area contributed by atoms with E-state index in [1.54, 1.807) is 22.8 Å². The van der Waals surface area contributed by atoms with Crippen molar-refractivity contribution < 1.29 is 22.7 Å². The third kappa shape index (κ3) is 4.10. The largest absolute Gasteiger partial charge is 0.486 e. The van der Waals surface area contributed by atoms with Gasteiger partial charge in [-0.05, 0) is 12.1 Å². The van der Waals surface area contributed by atoms with Gasteiger partial charge in [-0.3, -0.25) is 4.79 Å². The second-order valence-corrected chi connectivity index (χ2v) is 9.64. The smallest absolute Gasteiger partial charge is 0.249 e. The number of aromatic nitrogens is 1. The van der Waals surface area contributed by atoms with Gasteiger partial charge in [0.2, 0.25) is 5.91 Å². The minimum Gasteiger partial charge on any atom is -0.486 e. The minimum atomic E-state index is -3.55. The Hall–Kier alpha value is -3.09. The van der Waals surface area contributed by atoms with E-state index in [-0.39, 0.29) is 23.6 Å². The molecule has 1 aliphatic rings. The number of fused-ring (bicyclic) bond motifs is 2. The van der Waals surface area contributed by atoms with Crippen molar-refractivity contribution in [1.29, 1.82) is 0 Å². The summed E-state index contributed by atoms with van der Waals surface area (Å²) in [7, 11) is -3.55. The SMILES string of the molecule is C#CCn1c(=NC(=O)CCS(=O)(=O)c2ccccc2)sc2cc3c(cc21)OCCO3. The molecule has 9 heteroatoms. The lowest BCUT2D eigenvalue weighted by Crippen LogP contribution is -2.18. The molecule has 1 amide bonds. The molecule has 1 aromatic heterocycles. The van der Waals surface area contributed by atoms with Gasteiger partial charge in [0.25, 0.3) is 0 Å². The lowest BCUT2D eigenvalue weighted by atomic mass is 10.2. The summed E-state index contributed by atoms with van der Waals surface area (Å²) in [6.45, 7) is 1.15. The molecule has 0 bridgehead atoms. The summed E-state index contributed by atoms with van der Waals surface area (Å²) >= 11 is 1.29. The Bertz CT molecular complexity index is 1320. The van der Waals surface area contributed by atoms with E-state index in [1.807, 2.05) is 12.1 Å². The predicted molar refractivity (Wildman–Crippen MR) is 113 cm³/mol. The van der Waals surface area contributed by atoms with E-state index in [1.165, 1.54) is 23.5 Å². The molecule has 0 aliphatic carbocycles. The van der Waals surface area contributed by atoms with Gasteiger partial charge in [-0.2, -0.15) is 4.99 Å². The van der Waals surface area contributed by atoms with Gasteiger partial charge in [-0.25, -0.2) is 8.42 Å². The van der Waals surface area contributed by atoms with Gasteiger partial charge < -0.3 is 14.0 Å². The first-order valence-corrected chi connectivity index (χ1v) is 11.7. The molecule has 7 nitrogen and oxygen atoms in total. The van der Waals surface area contributed by atoms with Crippen LogP contribution in [-0.2, 0) is 21.2 Å². The van der Waals surface area contributed by atoms with E-state index in [0.717, 1.165) is 10.2 Å². The molecule has 30 heavy (non-hydrogen) atoms. The van der Waals surface area contributed by atoms with E-state index in [9.17, 15) is 13.2 Å². The molecule has 0 N–H and O–H groups in total. The number of thiazole rings is 1. The van der Waals surface area contributed by atoms with Crippen LogP contribution in [0.3, 0.4) is 0 Å². The Balaban J connectivity index is 1.63. The summed E-state index contributed by atoms with van der Waals surface area (Å²) in [5, 5.41) is 0. The Morgan fingerprint density at radius 3 is 2.57 bits per heavy atom. The van der Waals surface area contributed by atoms with Crippen LogP contribution in [0.5, 0.6) is 11.5 Å². The van der Waals surface area contributed by atoms with Gasteiger partial charge in [0.1, 0.15) is 13.2 Å². The molecule has 0 saturated carbocycles. The predicted octanol–water partition coefficient (Wildman–Crippen LogP) is 2.40. The summed E-state index contributed by atoms with van der Waals surface area (Å²) in [5.41, 5.74) is 0.783. The number of ether oxygens (including phenoxy) is 2. The third-order valence-corrected chi connectivity index (χ3v) is 7.28. The van der Waals surface area contributed by atoms with Crippen LogP contribution in [0.2, 0.25) is 0 Å². The number of nitrogens with zero attached hydrogens (tertiary/aromatic N) is 2. The topological polar surface area (TPSA) is 87.0 Å². The van der Waals surface area contributed by atoms with E-state index >= 15 is 0 Å². The first-order valence-electron chi connectivity index (χ1n) is 9.20. The summed E-state index contributed by atoms with van der Waals surface area (Å²) < 4.78 is 38.6. The Morgan fingerprint density at radius 1 is 1.17 bits per heavy atom. The van der Waals surface area contributed by atoms with Crippen molar-refractivity contribution in [3.63, 3.8) is 0 Å². The zero-order chi connectivity index (χ0) is 21.1. The van der Waals surface area contributed by atoms with Crippen molar-refractivity contribution in [1.82, 2.24) is 4.57 Å². The first kappa shape index (κ1) is 20.2. The normalized spacial score (nSPS) is 13.9. The number of hydrogen-bond acceptors (Lipinski definition) is 6. The lowest BCUT2D eigenvalue weighted by molar-refractivity contribution is -0.117. The highest BCUT2D eigenvalue weighted by molar-refractivity contribution is 7.91. The van der Waals surface area contributed by atoms with Crippen LogP contribution in [0.25, 0.3) is 10.2 Å². The molecule has 0 radical (unpaired) electrons. The molecule has 4 rings (SSSR count). The van der Waals surface area contributed by atoms with Crippen LogP contribution in [0.15, 0.2) is 52.4 Å². The molecule has 154 valence electrons. The molecule has 0 atom stereocenters. The van der Waals surface area contributed by atoms with Crippen LogP contribution in [0, 0.1) is 12.3 Å². The van der Waals surface area contributed by atoms with Crippen molar-refractivity contribution in [3.8, 4) is 23.8 Å². The first-order chi connectivity index (χ1) is 14.5. The maximum absolute atomic E-state index is 12.4. The molecular formula is C21H18N2O5S2. The van der Waals surface area contributed by atoms with Gasteiger partial charge in [0.15, 0.2) is 26.1 Å². The highest BCUT2D eigenvalue weighted by Gasteiger charge is 2.18. The molecule has 0 spiro atoms. The number of terminal acetylenes is 1. The summed E-state index contributed by atoms with van der Waals surface area (Å²) in [5.74, 6) is 2.98. The third-order valence-electron chi connectivity index (χ3n) is 4.50. The monoisotopic (exact) mass is 442 g/mol. The second-order valence-electron chi connectivity index (χ2n) is 6.53. The molecular weight excluding hydrogens is 424 g/mol. The zero-order valence-corrected chi connectivity index (χ0v) is 17.5. The number of carbonyl (C=O) groups is 1. The minimum absolute atomic E-state index is 0.188. The highest BCUT2D eigenvalue weighted by atomic mass is 32.2. The Kier molecular flexibility index (Phi) is 5.61. The number of sulfone groups is 1. The fourth-order valence-electron chi connectivity index (χ4n) is 3.07. The van der Waals surface area contributed by atoms with Crippen LogP contribution in [0.1, 0.15) is 6.42 Å². The van der Waals surface area contributed by atoms with Crippen LogP contribution in [0.4, 0.5) is 0 Å². The second kappa shape index (κ2) is 8.34. The van der Waals surface area contributed by atoms with Gasteiger partial charge in [0.05, 0.1) is 27.4 Å². The van der Waals surface area contributed by atoms with Crippen LogP contribution < -0.4 is 14.3 Å². The molecule has 0 saturated heterocycles. The maximum atomic E-state index is 12.4. The summed E-state index contributed by atoms with van der Waals surface area (Å²) in [6.07, 6.45) is 5.28. The van der Waals surface area contributed by atoms with Gasteiger partial charge >= 0.3 is 0 Å². The lowest BCUT2D eigenvalue weighted by Gasteiger charge is -2.18. The molecule has 1 aliphatic heterocycles. The van der Waals surface area contributed by atoms with E-state index in [2.05, 4.69) is 10.9 Å². The molecule has 3 aromatic rings. The summed E-state index contributed by atoms with van der Waals surface area (Å²) in [6, 6.07) is 11.7. The number of rotatable bonds is 5. The number of amides is 1. The van der Waals surface area contributed by atoms with Crippen LogP contribution in [-0.4, -0.2) is 37.9 Å². The van der Waals surface area contributed by atoms with Crippen molar-refractivity contribution in [3.05, 3.63) is 47.3 Å². The van der Waals surface area contributed by atoms with E-state index in [0.29, 0.717) is 29.5 Å². The Morgan fingerprint density at radius 2 is 1.87 bits per heavy atom. The van der Waals surface area contributed by atoms with Crippen molar-refractivity contribution in [2.45, 2.75) is 17.9 Å². The van der Waals surface area contributed by atoms with E-state index < -0.39 is 15.7 Å². The number of hydrogen-bond donors (Lipinski definition) is 0. The standard InChI is InChI=1S/C21H18N2O5S2/c1-2-9-23-16-13-17-18(28-11-10-27-17)14-19(16)29-21(23)22-20(24)8-12-30(25,26)15-6-4-3-5-7-15/h1,3-7,13-14H,8-12H2. The van der Waals surface area contributed by atoms with E-state index in [4.69, 9.17) is 15.9 Å². The Labute approximate surface area is 177 Å². The average molecular weight is 443 g/mol. The highest BCUT2D eigenvalue weighted by Crippen LogP contribution is 2.35. The average Bonchev–Trinajstić information content (AvgIpc) is 3.07.